The number of methoxy groups -OCH3 is 1. The van der Waals surface area contributed by atoms with Crippen molar-refractivity contribution in [3.8, 4) is 5.75 Å². The van der Waals surface area contributed by atoms with Gasteiger partial charge in [0.1, 0.15) is 11.8 Å². The Balaban J connectivity index is 2.38. The van der Waals surface area contributed by atoms with E-state index in [2.05, 4.69) is 10.3 Å². The highest BCUT2D eigenvalue weighted by Crippen LogP contribution is 2.14. The first-order chi connectivity index (χ1) is 11.1. The van der Waals surface area contributed by atoms with Gasteiger partial charge in [-0.3, -0.25) is 9.59 Å². The molecule has 0 aliphatic carbocycles. The van der Waals surface area contributed by atoms with E-state index in [1.165, 1.54) is 11.3 Å². The zero-order valence-corrected chi connectivity index (χ0v) is 14.1. The molecule has 1 aromatic heterocycles. The molecule has 1 heterocycles. The molecule has 0 fully saturated rings. The van der Waals surface area contributed by atoms with Crippen LogP contribution in [-0.2, 0) is 4.79 Å². The van der Waals surface area contributed by atoms with E-state index in [1.807, 2.05) is 12.3 Å². The molecule has 1 N–H and O–H groups in total. The Morgan fingerprint density at radius 1 is 1.43 bits per heavy atom. The number of carbonyl (C=O) groups excluding carboxylic acids is 2. The minimum absolute atomic E-state index is 0.110. The molecular formula is C16H19N3O3S. The van der Waals surface area contributed by atoms with Gasteiger partial charge in [-0.05, 0) is 24.6 Å². The molecule has 0 spiro atoms. The lowest BCUT2D eigenvalue weighted by atomic mass is 10.2. The van der Waals surface area contributed by atoms with Crippen molar-refractivity contribution in [2.45, 2.75) is 19.4 Å². The van der Waals surface area contributed by atoms with Gasteiger partial charge in [0.25, 0.3) is 5.91 Å². The van der Waals surface area contributed by atoms with Crippen LogP contribution in [0.3, 0.4) is 0 Å². The Morgan fingerprint density at radius 3 is 2.87 bits per heavy atom. The number of benzene rings is 1. The van der Waals surface area contributed by atoms with Gasteiger partial charge in [-0.1, -0.05) is 13.0 Å². The van der Waals surface area contributed by atoms with Gasteiger partial charge in [0.15, 0.2) is 4.80 Å². The molecule has 0 radical (unpaired) electrons. The van der Waals surface area contributed by atoms with Gasteiger partial charge in [-0.15, -0.1) is 11.3 Å². The number of amides is 2. The summed E-state index contributed by atoms with van der Waals surface area (Å²) in [6.45, 7) is 1.91. The van der Waals surface area contributed by atoms with Crippen molar-refractivity contribution in [2.75, 3.05) is 14.2 Å². The molecule has 23 heavy (non-hydrogen) atoms. The van der Waals surface area contributed by atoms with E-state index in [1.54, 1.807) is 49.2 Å². The fourth-order valence-corrected chi connectivity index (χ4v) is 2.94. The van der Waals surface area contributed by atoms with Gasteiger partial charge >= 0.3 is 0 Å². The van der Waals surface area contributed by atoms with E-state index in [-0.39, 0.29) is 17.9 Å². The molecule has 0 saturated carbocycles. The van der Waals surface area contributed by atoms with Crippen molar-refractivity contribution in [3.05, 3.63) is 46.2 Å². The highest BCUT2D eigenvalue weighted by Gasteiger charge is 2.18. The Morgan fingerprint density at radius 2 is 2.22 bits per heavy atom. The van der Waals surface area contributed by atoms with Crippen LogP contribution in [0.5, 0.6) is 5.75 Å². The first-order valence-electron chi connectivity index (χ1n) is 7.21. The molecule has 1 aromatic carbocycles. The average molecular weight is 333 g/mol. The van der Waals surface area contributed by atoms with E-state index in [0.717, 1.165) is 0 Å². The number of likely N-dealkylation sites (N-methyl/N-ethyl adjacent to an activating group) is 1. The lowest BCUT2D eigenvalue weighted by Gasteiger charge is -2.14. The molecule has 0 saturated heterocycles. The predicted molar refractivity (Wildman–Crippen MR) is 88.6 cm³/mol. The van der Waals surface area contributed by atoms with E-state index >= 15 is 0 Å². The highest BCUT2D eigenvalue weighted by atomic mass is 32.1. The van der Waals surface area contributed by atoms with Gasteiger partial charge in [0.05, 0.1) is 7.11 Å². The molecule has 0 aliphatic rings. The van der Waals surface area contributed by atoms with Gasteiger partial charge in [0, 0.05) is 24.2 Å². The maximum atomic E-state index is 12.4. The second-order valence-corrected chi connectivity index (χ2v) is 5.65. The van der Waals surface area contributed by atoms with Crippen LogP contribution in [-0.4, -0.2) is 30.5 Å². The largest absolute Gasteiger partial charge is 0.497 e. The molecule has 6 nitrogen and oxygen atoms in total. The number of ether oxygens (including phenoxy) is 1. The fraction of sp³-hybridized carbons (Fsp3) is 0.312. The van der Waals surface area contributed by atoms with Crippen LogP contribution in [0.4, 0.5) is 0 Å². The van der Waals surface area contributed by atoms with Crippen molar-refractivity contribution in [1.82, 2.24) is 9.88 Å². The third-order valence-electron chi connectivity index (χ3n) is 3.40. The van der Waals surface area contributed by atoms with Crippen LogP contribution in [0.2, 0.25) is 0 Å². The summed E-state index contributed by atoms with van der Waals surface area (Å²) in [5.74, 6) is 0.120. The van der Waals surface area contributed by atoms with E-state index in [0.29, 0.717) is 22.5 Å². The van der Waals surface area contributed by atoms with Gasteiger partial charge in [-0.25, -0.2) is 0 Å². The maximum absolute atomic E-state index is 12.4. The summed E-state index contributed by atoms with van der Waals surface area (Å²) >= 11 is 1.32. The molecule has 0 bridgehead atoms. The van der Waals surface area contributed by atoms with Gasteiger partial charge in [0.2, 0.25) is 5.91 Å². The van der Waals surface area contributed by atoms with Crippen LogP contribution in [0.15, 0.2) is 40.8 Å². The smallest absolute Gasteiger partial charge is 0.279 e. The third kappa shape index (κ3) is 3.87. The molecule has 2 amide bonds. The standard InChI is InChI=1S/C16H19N3O3S/c1-4-13(15(21)17-2)19-8-9-23-16(19)18-14(20)11-6-5-7-12(10-11)22-3/h5-10,13H,4H2,1-3H3,(H,17,21). The minimum Gasteiger partial charge on any atom is -0.497 e. The topological polar surface area (TPSA) is 72.7 Å². The Labute approximate surface area is 138 Å². The number of rotatable bonds is 5. The quantitative estimate of drug-likeness (QED) is 0.909. The first kappa shape index (κ1) is 17.0. The number of nitrogens with one attached hydrogen (secondary N) is 1. The number of nitrogens with zero attached hydrogens (tertiary/aromatic N) is 2. The molecule has 122 valence electrons. The average Bonchev–Trinajstić information content (AvgIpc) is 3.03. The summed E-state index contributed by atoms with van der Waals surface area (Å²) in [7, 11) is 3.14. The van der Waals surface area contributed by atoms with E-state index in [4.69, 9.17) is 4.74 Å². The summed E-state index contributed by atoms with van der Waals surface area (Å²) in [6.07, 6.45) is 2.38. The first-order valence-corrected chi connectivity index (χ1v) is 8.09. The van der Waals surface area contributed by atoms with E-state index < -0.39 is 0 Å². The fourth-order valence-electron chi connectivity index (χ4n) is 2.19. The lowest BCUT2D eigenvalue weighted by molar-refractivity contribution is -0.124. The number of aromatic nitrogens is 1. The zero-order valence-electron chi connectivity index (χ0n) is 13.3. The lowest BCUT2D eigenvalue weighted by Crippen LogP contribution is -2.33. The molecule has 0 aliphatic heterocycles. The van der Waals surface area contributed by atoms with Crippen molar-refractivity contribution in [3.63, 3.8) is 0 Å². The molecular weight excluding hydrogens is 314 g/mol. The second-order valence-electron chi connectivity index (χ2n) is 4.78. The Hall–Kier alpha value is -2.41. The van der Waals surface area contributed by atoms with Gasteiger partial charge < -0.3 is 14.6 Å². The molecule has 2 aromatic rings. The van der Waals surface area contributed by atoms with Crippen LogP contribution in [0, 0.1) is 0 Å². The number of hydrogen-bond donors (Lipinski definition) is 1. The summed E-state index contributed by atoms with van der Waals surface area (Å²) in [6, 6.07) is 6.44. The van der Waals surface area contributed by atoms with Crippen molar-refractivity contribution in [1.29, 1.82) is 0 Å². The van der Waals surface area contributed by atoms with Crippen molar-refractivity contribution >= 4 is 23.2 Å². The summed E-state index contributed by atoms with van der Waals surface area (Å²) < 4.78 is 6.84. The van der Waals surface area contributed by atoms with Crippen LogP contribution >= 0.6 is 11.3 Å². The highest BCUT2D eigenvalue weighted by molar-refractivity contribution is 7.07. The zero-order chi connectivity index (χ0) is 16.8. The monoisotopic (exact) mass is 333 g/mol. The number of carbonyl (C=O) groups is 2. The SMILES string of the molecule is CCC(C(=O)NC)n1ccsc1=NC(=O)c1cccc(OC)c1. The summed E-state index contributed by atoms with van der Waals surface area (Å²) in [5.41, 5.74) is 0.442. The summed E-state index contributed by atoms with van der Waals surface area (Å²) in [5, 5.41) is 4.44. The predicted octanol–water partition coefficient (Wildman–Crippen LogP) is 2.00. The van der Waals surface area contributed by atoms with Crippen molar-refractivity contribution < 1.29 is 14.3 Å². The molecule has 1 unspecified atom stereocenters. The number of thiazole rings is 1. The van der Waals surface area contributed by atoms with Crippen molar-refractivity contribution in [2.24, 2.45) is 4.99 Å². The maximum Gasteiger partial charge on any atom is 0.279 e. The molecule has 7 heteroatoms. The minimum atomic E-state index is -0.386. The Bertz CT molecular complexity index is 764. The molecule has 1 atom stereocenters. The second kappa shape index (κ2) is 7.73. The van der Waals surface area contributed by atoms with Gasteiger partial charge in [-0.2, -0.15) is 4.99 Å². The van der Waals surface area contributed by atoms with Crippen LogP contribution < -0.4 is 14.9 Å². The summed E-state index contributed by atoms with van der Waals surface area (Å²) in [4.78, 5) is 29.0. The van der Waals surface area contributed by atoms with Crippen LogP contribution in [0.25, 0.3) is 0 Å². The number of hydrogen-bond acceptors (Lipinski definition) is 4. The third-order valence-corrected chi connectivity index (χ3v) is 4.17. The van der Waals surface area contributed by atoms with E-state index in [9.17, 15) is 9.59 Å². The normalized spacial score (nSPS) is 12.7. The molecule has 2 rings (SSSR count). The Kier molecular flexibility index (Phi) is 5.70. The van der Waals surface area contributed by atoms with Crippen LogP contribution in [0.1, 0.15) is 29.7 Å².